The number of rotatable bonds is 6. The minimum Gasteiger partial charge on any atom is -0.361 e. The van der Waals surface area contributed by atoms with Gasteiger partial charge in [0.1, 0.15) is 11.6 Å². The Kier molecular flexibility index (Phi) is 8.80. The number of benzene rings is 1. The molecule has 6 nitrogen and oxygen atoms in total. The summed E-state index contributed by atoms with van der Waals surface area (Å²) in [5, 5.41) is 7.57. The molecule has 37 heavy (non-hydrogen) atoms. The molecule has 3 aliphatic rings. The summed E-state index contributed by atoms with van der Waals surface area (Å²) in [5.74, 6) is 2.67. The van der Waals surface area contributed by atoms with Crippen LogP contribution in [0, 0.1) is 0 Å². The third kappa shape index (κ3) is 6.54. The first kappa shape index (κ1) is 26.2. The van der Waals surface area contributed by atoms with Gasteiger partial charge < -0.3 is 20.4 Å². The van der Waals surface area contributed by atoms with Crippen LogP contribution >= 0.6 is 12.2 Å². The van der Waals surface area contributed by atoms with Crippen LogP contribution in [0.5, 0.6) is 0 Å². The minimum absolute atomic E-state index is 0.133. The number of thiocarbonyl (C=S) groups is 1. The number of hydrogen-bond acceptors (Lipinski definition) is 5. The summed E-state index contributed by atoms with van der Waals surface area (Å²) in [6.45, 7) is 6.34. The lowest BCUT2D eigenvalue weighted by molar-refractivity contribution is 0.292. The van der Waals surface area contributed by atoms with Crippen molar-refractivity contribution in [1.82, 2.24) is 15.3 Å². The first-order chi connectivity index (χ1) is 18.1. The maximum Gasteiger partial charge on any atom is 0.232 e. The van der Waals surface area contributed by atoms with Crippen molar-refractivity contribution in [2.45, 2.75) is 95.4 Å². The van der Waals surface area contributed by atoms with Crippen molar-refractivity contribution in [2.24, 2.45) is 0 Å². The van der Waals surface area contributed by atoms with Crippen LogP contribution in [0.25, 0.3) is 0 Å². The normalized spacial score (nSPS) is 22.2. The predicted molar refractivity (Wildman–Crippen MR) is 159 cm³/mol. The molecular weight excluding hydrogens is 476 g/mol. The Hall–Kier alpha value is -2.41. The number of nitrogens with one attached hydrogen (secondary N) is 2. The van der Waals surface area contributed by atoms with Crippen LogP contribution in [0.3, 0.4) is 0 Å². The van der Waals surface area contributed by atoms with E-state index in [-0.39, 0.29) is 5.41 Å². The van der Waals surface area contributed by atoms with E-state index in [1.807, 2.05) is 0 Å². The van der Waals surface area contributed by atoms with Crippen LogP contribution < -0.4 is 20.4 Å². The Labute approximate surface area is 228 Å². The zero-order valence-electron chi connectivity index (χ0n) is 22.6. The van der Waals surface area contributed by atoms with E-state index in [0.29, 0.717) is 17.1 Å². The van der Waals surface area contributed by atoms with Gasteiger partial charge in [0.25, 0.3) is 0 Å². The summed E-state index contributed by atoms with van der Waals surface area (Å²) in [7, 11) is 0. The number of piperidine rings is 1. The molecule has 3 heterocycles. The van der Waals surface area contributed by atoms with E-state index >= 15 is 0 Å². The van der Waals surface area contributed by atoms with Crippen LogP contribution in [0.1, 0.15) is 89.5 Å². The second kappa shape index (κ2) is 12.4. The molecule has 0 bridgehead atoms. The average molecular weight is 521 g/mol. The van der Waals surface area contributed by atoms with Gasteiger partial charge in [-0.15, -0.1) is 0 Å². The maximum atomic E-state index is 5.82. The van der Waals surface area contributed by atoms with Gasteiger partial charge in [0.15, 0.2) is 5.11 Å². The quantitative estimate of drug-likeness (QED) is 0.426. The zero-order valence-corrected chi connectivity index (χ0v) is 23.4. The molecule has 2 saturated heterocycles. The fraction of sp³-hybridized carbons (Fsp3) is 0.633. The van der Waals surface area contributed by atoms with E-state index in [9.17, 15) is 0 Å². The van der Waals surface area contributed by atoms with Crippen LogP contribution in [0.2, 0.25) is 0 Å². The summed E-state index contributed by atoms with van der Waals surface area (Å²) in [4.78, 5) is 14.9. The molecule has 1 aromatic heterocycles. The molecule has 200 valence electrons. The standard InChI is InChI=1S/C30H44N6S/c1-24-14-8-13-21-36(24)27-22-26(35-19-11-2-3-12-20-35)32-28(33-27)34-29(37)31-23-30(17-9-5-10-18-30)25-15-6-4-7-16-25/h4,6-7,15-16,22,24H,2-3,5,8-14,17-21,23H2,1H3,(H2,31,32,33,34,37)/t24-/m1/s1. The predicted octanol–water partition coefficient (Wildman–Crippen LogP) is 6.42. The average Bonchev–Trinajstić information content (AvgIpc) is 3.23. The van der Waals surface area contributed by atoms with Gasteiger partial charge in [-0.05, 0) is 69.7 Å². The molecule has 0 unspecified atom stereocenters. The second-order valence-electron chi connectivity index (χ2n) is 11.4. The Morgan fingerprint density at radius 3 is 2.30 bits per heavy atom. The first-order valence-corrected chi connectivity index (χ1v) is 15.0. The number of hydrogen-bond donors (Lipinski definition) is 2. The molecule has 0 amide bonds. The molecule has 3 fully saturated rings. The van der Waals surface area contributed by atoms with Gasteiger partial charge in [0, 0.05) is 43.7 Å². The highest BCUT2D eigenvalue weighted by Gasteiger charge is 2.34. The van der Waals surface area contributed by atoms with Crippen molar-refractivity contribution in [3.05, 3.63) is 42.0 Å². The summed E-state index contributed by atoms with van der Waals surface area (Å²) in [6.07, 6.45) is 15.1. The smallest absolute Gasteiger partial charge is 0.232 e. The van der Waals surface area contributed by atoms with Crippen molar-refractivity contribution >= 4 is 34.9 Å². The van der Waals surface area contributed by atoms with E-state index in [4.69, 9.17) is 22.2 Å². The van der Waals surface area contributed by atoms with Gasteiger partial charge >= 0.3 is 0 Å². The molecule has 0 spiro atoms. The van der Waals surface area contributed by atoms with Gasteiger partial charge in [0.2, 0.25) is 5.95 Å². The van der Waals surface area contributed by atoms with Gasteiger partial charge in [-0.3, -0.25) is 0 Å². The third-order valence-electron chi connectivity index (χ3n) is 8.74. The number of nitrogens with zero attached hydrogens (tertiary/aromatic N) is 4. The van der Waals surface area contributed by atoms with Crippen LogP contribution in [0.4, 0.5) is 17.6 Å². The summed E-state index contributed by atoms with van der Waals surface area (Å²) >= 11 is 5.82. The highest BCUT2D eigenvalue weighted by Crippen LogP contribution is 2.39. The Morgan fingerprint density at radius 1 is 0.892 bits per heavy atom. The Balaban J connectivity index is 1.33. The molecule has 1 atom stereocenters. The van der Waals surface area contributed by atoms with E-state index in [1.54, 1.807) is 0 Å². The fourth-order valence-electron chi connectivity index (χ4n) is 6.51. The van der Waals surface area contributed by atoms with Crippen molar-refractivity contribution in [3.63, 3.8) is 0 Å². The van der Waals surface area contributed by atoms with Crippen LogP contribution in [-0.2, 0) is 5.41 Å². The maximum absolute atomic E-state index is 5.82. The minimum atomic E-state index is 0.133. The molecule has 2 aromatic rings. The van der Waals surface area contributed by atoms with E-state index in [2.05, 4.69) is 63.8 Å². The lowest BCUT2D eigenvalue weighted by Gasteiger charge is -2.38. The molecule has 5 rings (SSSR count). The fourth-order valence-corrected chi connectivity index (χ4v) is 6.67. The molecule has 2 N–H and O–H groups in total. The van der Waals surface area contributed by atoms with Crippen molar-refractivity contribution in [3.8, 4) is 0 Å². The zero-order chi connectivity index (χ0) is 25.5. The van der Waals surface area contributed by atoms with E-state index in [1.165, 1.54) is 82.6 Å². The molecule has 2 aliphatic heterocycles. The Bertz CT molecular complexity index is 1010. The van der Waals surface area contributed by atoms with Crippen LogP contribution in [0.15, 0.2) is 36.4 Å². The lowest BCUT2D eigenvalue weighted by atomic mass is 9.69. The largest absolute Gasteiger partial charge is 0.361 e. The molecule has 1 aromatic carbocycles. The van der Waals surface area contributed by atoms with Gasteiger partial charge in [0.05, 0.1) is 0 Å². The number of aromatic nitrogens is 2. The molecule has 1 aliphatic carbocycles. The molecule has 7 heteroatoms. The van der Waals surface area contributed by atoms with Crippen molar-refractivity contribution in [2.75, 3.05) is 41.3 Å². The number of anilines is 3. The van der Waals surface area contributed by atoms with Crippen molar-refractivity contribution < 1.29 is 0 Å². The van der Waals surface area contributed by atoms with E-state index < -0.39 is 0 Å². The van der Waals surface area contributed by atoms with Crippen molar-refractivity contribution in [1.29, 1.82) is 0 Å². The lowest BCUT2D eigenvalue weighted by Crippen LogP contribution is -2.43. The summed E-state index contributed by atoms with van der Waals surface area (Å²) < 4.78 is 0. The highest BCUT2D eigenvalue weighted by molar-refractivity contribution is 7.80. The SMILES string of the molecule is C[C@@H]1CCCCN1c1cc(N2CCCCCC2)nc(NC(=S)NCC2(c3ccccc3)CCCCC2)n1. The molecule has 1 saturated carbocycles. The Morgan fingerprint density at radius 2 is 1.57 bits per heavy atom. The second-order valence-corrected chi connectivity index (χ2v) is 11.8. The van der Waals surface area contributed by atoms with Gasteiger partial charge in [-0.2, -0.15) is 9.97 Å². The van der Waals surface area contributed by atoms with Gasteiger partial charge in [-0.25, -0.2) is 0 Å². The monoisotopic (exact) mass is 520 g/mol. The first-order valence-electron chi connectivity index (χ1n) is 14.6. The molecular formula is C30H44N6S. The third-order valence-corrected chi connectivity index (χ3v) is 8.98. The summed E-state index contributed by atoms with van der Waals surface area (Å²) in [6, 6.07) is 13.7. The molecule has 0 radical (unpaired) electrons. The van der Waals surface area contributed by atoms with Gasteiger partial charge in [-0.1, -0.05) is 62.4 Å². The van der Waals surface area contributed by atoms with Crippen LogP contribution in [-0.4, -0.2) is 47.3 Å². The summed E-state index contributed by atoms with van der Waals surface area (Å²) in [5.41, 5.74) is 1.56. The van der Waals surface area contributed by atoms with E-state index in [0.717, 1.165) is 37.8 Å². The highest BCUT2D eigenvalue weighted by atomic mass is 32.1. The topological polar surface area (TPSA) is 56.3 Å².